The van der Waals surface area contributed by atoms with Crippen molar-refractivity contribution in [3.05, 3.63) is 35.9 Å². The van der Waals surface area contributed by atoms with Crippen molar-refractivity contribution in [2.75, 3.05) is 12.4 Å². The van der Waals surface area contributed by atoms with Crippen molar-refractivity contribution in [3.63, 3.8) is 0 Å². The van der Waals surface area contributed by atoms with Crippen molar-refractivity contribution in [1.29, 1.82) is 0 Å². The van der Waals surface area contributed by atoms with Crippen molar-refractivity contribution in [1.82, 2.24) is 4.90 Å². The second-order valence-corrected chi connectivity index (χ2v) is 9.01. The van der Waals surface area contributed by atoms with Crippen molar-refractivity contribution in [2.24, 2.45) is 11.8 Å². The third-order valence-corrected chi connectivity index (χ3v) is 5.15. The molecule has 1 saturated heterocycles. The lowest BCUT2D eigenvalue weighted by molar-refractivity contribution is -0.134. The van der Waals surface area contributed by atoms with E-state index in [4.69, 9.17) is 15.4 Å². The summed E-state index contributed by atoms with van der Waals surface area (Å²) < 4.78 is 27.8. The zero-order valence-electron chi connectivity index (χ0n) is 13.5. The van der Waals surface area contributed by atoms with Crippen molar-refractivity contribution in [3.8, 4) is 0 Å². The molecule has 1 aromatic rings. The minimum Gasteiger partial charge on any atom is -0.447 e. The molecule has 0 aromatic heterocycles. The first-order valence-electron chi connectivity index (χ1n) is 7.65. The standard InChI is InChI=1S/C16H20ClNO5S/c1-11(2)14(10-24(17,21)22)15(19)18-13(9-23-16(18)20)8-12-6-4-3-5-7-12/h3-7,11,13-14H,8-10H2,1-2H3. The second-order valence-electron chi connectivity index (χ2n) is 6.18. The molecule has 1 fully saturated rings. The summed E-state index contributed by atoms with van der Waals surface area (Å²) in [5, 5.41) is 0. The maximum Gasteiger partial charge on any atom is 0.416 e. The van der Waals surface area contributed by atoms with Gasteiger partial charge in [0.15, 0.2) is 0 Å². The highest BCUT2D eigenvalue weighted by molar-refractivity contribution is 8.13. The number of amides is 2. The van der Waals surface area contributed by atoms with E-state index >= 15 is 0 Å². The molecule has 0 spiro atoms. The zero-order chi connectivity index (χ0) is 17.9. The highest BCUT2D eigenvalue weighted by Gasteiger charge is 2.42. The molecule has 1 aliphatic heterocycles. The molecule has 2 unspecified atom stereocenters. The molecule has 8 heteroatoms. The average molecular weight is 374 g/mol. The molecule has 0 radical (unpaired) electrons. The van der Waals surface area contributed by atoms with Gasteiger partial charge in [-0.25, -0.2) is 18.1 Å². The van der Waals surface area contributed by atoms with Crippen molar-refractivity contribution < 1.29 is 22.7 Å². The van der Waals surface area contributed by atoms with Crippen LogP contribution < -0.4 is 0 Å². The van der Waals surface area contributed by atoms with Crippen LogP contribution in [0.2, 0.25) is 0 Å². The van der Waals surface area contributed by atoms with E-state index in [1.165, 1.54) is 0 Å². The lowest BCUT2D eigenvalue weighted by atomic mass is 9.95. The molecular weight excluding hydrogens is 354 g/mol. The number of carbonyl (C=O) groups is 2. The summed E-state index contributed by atoms with van der Waals surface area (Å²) in [7, 11) is 1.45. The SMILES string of the molecule is CC(C)C(CS(=O)(=O)Cl)C(=O)N1C(=O)OCC1Cc1ccccc1. The highest BCUT2D eigenvalue weighted by Crippen LogP contribution is 2.25. The summed E-state index contributed by atoms with van der Waals surface area (Å²) in [6, 6.07) is 8.96. The Hall–Kier alpha value is -1.60. The van der Waals surface area contributed by atoms with Crippen LogP contribution in [0.25, 0.3) is 0 Å². The zero-order valence-corrected chi connectivity index (χ0v) is 15.1. The fourth-order valence-corrected chi connectivity index (χ4v) is 4.07. The van der Waals surface area contributed by atoms with Crippen LogP contribution in [0.1, 0.15) is 19.4 Å². The molecule has 1 aromatic carbocycles. The fourth-order valence-electron chi connectivity index (χ4n) is 2.71. The van der Waals surface area contributed by atoms with Gasteiger partial charge in [0.1, 0.15) is 6.61 Å². The molecule has 24 heavy (non-hydrogen) atoms. The lowest BCUT2D eigenvalue weighted by Crippen LogP contribution is -2.46. The molecular formula is C16H20ClNO5S. The first kappa shape index (κ1) is 18.7. The molecule has 0 bridgehead atoms. The Kier molecular flexibility index (Phi) is 5.87. The fraction of sp³-hybridized carbons (Fsp3) is 0.500. The number of halogens is 1. The van der Waals surface area contributed by atoms with Crippen LogP contribution in [0.4, 0.5) is 4.79 Å². The molecule has 1 aliphatic rings. The summed E-state index contributed by atoms with van der Waals surface area (Å²) in [5.41, 5.74) is 0.963. The predicted octanol–water partition coefficient (Wildman–Crippen LogP) is 2.42. The van der Waals surface area contributed by atoms with E-state index < -0.39 is 38.8 Å². The van der Waals surface area contributed by atoms with E-state index in [2.05, 4.69) is 0 Å². The number of carbonyl (C=O) groups excluding carboxylic acids is 2. The van der Waals surface area contributed by atoms with Gasteiger partial charge in [-0.05, 0) is 17.9 Å². The Morgan fingerprint density at radius 2 is 1.96 bits per heavy atom. The minimum atomic E-state index is -3.86. The normalized spacial score (nSPS) is 19.4. The van der Waals surface area contributed by atoms with Gasteiger partial charge in [-0.3, -0.25) is 4.79 Å². The Morgan fingerprint density at radius 3 is 2.50 bits per heavy atom. The van der Waals surface area contributed by atoms with Gasteiger partial charge in [0.25, 0.3) is 0 Å². The number of hydrogen-bond donors (Lipinski definition) is 0. The van der Waals surface area contributed by atoms with Gasteiger partial charge in [-0.1, -0.05) is 44.2 Å². The third-order valence-electron chi connectivity index (χ3n) is 4.01. The van der Waals surface area contributed by atoms with E-state index in [-0.39, 0.29) is 12.5 Å². The Labute approximate surface area is 146 Å². The van der Waals surface area contributed by atoms with Gasteiger partial charge < -0.3 is 4.74 Å². The Morgan fingerprint density at radius 1 is 1.33 bits per heavy atom. The van der Waals surface area contributed by atoms with Crippen molar-refractivity contribution in [2.45, 2.75) is 26.3 Å². The average Bonchev–Trinajstić information content (AvgIpc) is 2.85. The number of ether oxygens (including phenoxy) is 1. The number of nitrogens with zero attached hydrogens (tertiary/aromatic N) is 1. The van der Waals surface area contributed by atoms with Crippen LogP contribution in [0, 0.1) is 11.8 Å². The second kappa shape index (κ2) is 7.53. The number of benzene rings is 1. The summed E-state index contributed by atoms with van der Waals surface area (Å²) in [4.78, 5) is 25.8. The van der Waals surface area contributed by atoms with Crippen molar-refractivity contribution >= 4 is 31.7 Å². The van der Waals surface area contributed by atoms with E-state index in [1.807, 2.05) is 30.3 Å². The van der Waals surface area contributed by atoms with Gasteiger partial charge >= 0.3 is 6.09 Å². The first-order chi connectivity index (χ1) is 11.2. The third kappa shape index (κ3) is 4.70. The predicted molar refractivity (Wildman–Crippen MR) is 90.1 cm³/mol. The van der Waals surface area contributed by atoms with E-state index in [9.17, 15) is 18.0 Å². The van der Waals surface area contributed by atoms with Gasteiger partial charge in [0.2, 0.25) is 15.0 Å². The van der Waals surface area contributed by atoms with Crippen LogP contribution >= 0.6 is 10.7 Å². The van der Waals surface area contributed by atoms with Crippen LogP contribution in [0.3, 0.4) is 0 Å². The Balaban J connectivity index is 2.21. The number of cyclic esters (lactones) is 1. The topological polar surface area (TPSA) is 80.8 Å². The molecule has 2 amide bonds. The minimum absolute atomic E-state index is 0.0951. The highest BCUT2D eigenvalue weighted by atomic mass is 35.7. The molecule has 0 N–H and O–H groups in total. The van der Waals surface area contributed by atoms with Gasteiger partial charge in [0.05, 0.1) is 17.7 Å². The van der Waals surface area contributed by atoms with E-state index in [0.717, 1.165) is 10.5 Å². The van der Waals surface area contributed by atoms with Crippen LogP contribution in [0.5, 0.6) is 0 Å². The summed E-state index contributed by atoms with van der Waals surface area (Å²) in [6.45, 7) is 3.54. The number of hydrogen-bond acceptors (Lipinski definition) is 5. The van der Waals surface area contributed by atoms with Gasteiger partial charge in [-0.2, -0.15) is 0 Å². The largest absolute Gasteiger partial charge is 0.447 e. The monoisotopic (exact) mass is 373 g/mol. The van der Waals surface area contributed by atoms with Gasteiger partial charge in [0, 0.05) is 10.7 Å². The molecule has 132 valence electrons. The van der Waals surface area contributed by atoms with Crippen LogP contribution in [0.15, 0.2) is 30.3 Å². The maximum absolute atomic E-state index is 12.8. The molecule has 2 rings (SSSR count). The first-order valence-corrected chi connectivity index (χ1v) is 10.1. The van der Waals surface area contributed by atoms with Crippen LogP contribution in [-0.2, 0) is 25.0 Å². The quantitative estimate of drug-likeness (QED) is 0.715. The molecule has 0 aliphatic carbocycles. The van der Waals surface area contributed by atoms with E-state index in [0.29, 0.717) is 6.42 Å². The van der Waals surface area contributed by atoms with E-state index in [1.54, 1.807) is 13.8 Å². The summed E-state index contributed by atoms with van der Waals surface area (Å²) in [6.07, 6.45) is -0.282. The molecule has 1 heterocycles. The smallest absolute Gasteiger partial charge is 0.416 e. The number of rotatable bonds is 6. The molecule has 6 nitrogen and oxygen atoms in total. The maximum atomic E-state index is 12.8. The van der Waals surface area contributed by atoms with Gasteiger partial charge in [-0.15, -0.1) is 0 Å². The molecule has 2 atom stereocenters. The Bertz CT molecular complexity index is 704. The molecule has 0 saturated carbocycles. The van der Waals surface area contributed by atoms with Crippen LogP contribution in [-0.4, -0.2) is 43.7 Å². The number of imide groups is 1. The lowest BCUT2D eigenvalue weighted by Gasteiger charge is -2.26. The summed E-state index contributed by atoms with van der Waals surface area (Å²) in [5.74, 6) is -2.24. The summed E-state index contributed by atoms with van der Waals surface area (Å²) >= 11 is 0.